The molecule has 0 bridgehead atoms. The Morgan fingerprint density at radius 1 is 0.600 bits per heavy atom. The first-order valence-corrected chi connectivity index (χ1v) is 11.9. The van der Waals surface area contributed by atoms with Crippen molar-refractivity contribution in [3.05, 3.63) is 30.5 Å². The minimum atomic E-state index is 0.575. The molecule has 0 aliphatic carbocycles. The van der Waals surface area contributed by atoms with Crippen LogP contribution in [0.15, 0.2) is 30.5 Å². The van der Waals surface area contributed by atoms with Gasteiger partial charge in [-0.25, -0.2) is 0 Å². The van der Waals surface area contributed by atoms with Crippen LogP contribution in [-0.2, 0) is 0 Å². The van der Waals surface area contributed by atoms with Crippen molar-refractivity contribution in [3.63, 3.8) is 0 Å². The number of hydrogen-bond donors (Lipinski definition) is 0. The van der Waals surface area contributed by atoms with Crippen molar-refractivity contribution in [3.8, 4) is 23.0 Å². The molecule has 2 rings (SSSR count). The molecular formula is C25H39N3O2. The first kappa shape index (κ1) is 24.1. The first-order valence-electron chi connectivity index (χ1n) is 11.9. The van der Waals surface area contributed by atoms with Crippen LogP contribution in [0.2, 0.25) is 0 Å². The summed E-state index contributed by atoms with van der Waals surface area (Å²) in [6, 6.07) is 7.65. The third kappa shape index (κ3) is 10.0. The molecule has 0 saturated carbocycles. The zero-order valence-corrected chi connectivity index (χ0v) is 18.9. The molecule has 0 fully saturated rings. The van der Waals surface area contributed by atoms with E-state index in [1.54, 1.807) is 6.20 Å². The highest BCUT2D eigenvalue weighted by Gasteiger charge is 2.04. The maximum absolute atomic E-state index is 5.79. The Morgan fingerprint density at radius 3 is 1.77 bits per heavy atom. The predicted molar refractivity (Wildman–Crippen MR) is 123 cm³/mol. The van der Waals surface area contributed by atoms with Crippen LogP contribution < -0.4 is 9.47 Å². The molecule has 2 aromatic heterocycles. The average Bonchev–Trinajstić information content (AvgIpc) is 2.79. The summed E-state index contributed by atoms with van der Waals surface area (Å²) in [4.78, 5) is 4.46. The molecule has 0 aromatic carbocycles. The molecule has 0 radical (unpaired) electrons. The summed E-state index contributed by atoms with van der Waals surface area (Å²) in [6.45, 7) is 5.92. The van der Waals surface area contributed by atoms with Crippen molar-refractivity contribution in [2.75, 3.05) is 13.2 Å². The minimum Gasteiger partial charge on any atom is -0.492 e. The van der Waals surface area contributed by atoms with Crippen molar-refractivity contribution in [2.45, 2.75) is 90.9 Å². The maximum atomic E-state index is 5.79. The van der Waals surface area contributed by atoms with Crippen LogP contribution >= 0.6 is 0 Å². The van der Waals surface area contributed by atoms with Crippen molar-refractivity contribution < 1.29 is 9.47 Å². The van der Waals surface area contributed by atoms with E-state index in [-0.39, 0.29) is 0 Å². The van der Waals surface area contributed by atoms with Crippen LogP contribution in [0.5, 0.6) is 11.6 Å². The Bertz CT molecular complexity index is 600. The number of aromatic nitrogens is 3. The fourth-order valence-corrected chi connectivity index (χ4v) is 3.28. The van der Waals surface area contributed by atoms with E-state index in [0.29, 0.717) is 12.5 Å². The lowest BCUT2D eigenvalue weighted by molar-refractivity contribution is 0.290. The number of rotatable bonds is 17. The molecule has 5 heteroatoms. The van der Waals surface area contributed by atoms with E-state index in [1.165, 1.54) is 64.2 Å². The summed E-state index contributed by atoms with van der Waals surface area (Å²) in [5, 5.41) is 8.42. The number of pyridine rings is 1. The molecule has 5 nitrogen and oxygen atoms in total. The maximum Gasteiger partial charge on any atom is 0.233 e. The van der Waals surface area contributed by atoms with Gasteiger partial charge in [0.2, 0.25) is 5.88 Å². The highest BCUT2D eigenvalue weighted by molar-refractivity contribution is 5.54. The Kier molecular flexibility index (Phi) is 12.6. The molecular weight excluding hydrogens is 374 g/mol. The van der Waals surface area contributed by atoms with Gasteiger partial charge in [-0.3, -0.25) is 4.98 Å². The van der Waals surface area contributed by atoms with E-state index >= 15 is 0 Å². The molecule has 2 heterocycles. The summed E-state index contributed by atoms with van der Waals surface area (Å²) in [7, 11) is 0. The number of unbranched alkanes of at least 4 members (excludes halogenated alkanes) is 10. The largest absolute Gasteiger partial charge is 0.492 e. The number of ether oxygens (including phenoxy) is 2. The van der Waals surface area contributed by atoms with Gasteiger partial charge in [0.05, 0.1) is 25.1 Å². The molecule has 0 aliphatic heterocycles. The van der Waals surface area contributed by atoms with E-state index in [4.69, 9.17) is 9.47 Å². The standard InChI is InChI=1S/C25H39N3O2/c1-3-5-7-9-11-13-19-29-22-15-16-23(26-21-22)24-17-18-25(28-27-24)30-20-14-12-10-8-6-4-2/h15-18,21H,3-14,19-20H2,1-2H3. The predicted octanol–water partition coefficient (Wildman–Crippen LogP) is 7.02. The zero-order chi connectivity index (χ0) is 21.3. The summed E-state index contributed by atoms with van der Waals surface area (Å²) >= 11 is 0. The van der Waals surface area contributed by atoms with Crippen molar-refractivity contribution in [1.82, 2.24) is 15.2 Å². The molecule has 0 N–H and O–H groups in total. The highest BCUT2D eigenvalue weighted by Crippen LogP contribution is 2.19. The molecule has 0 unspecified atom stereocenters. The van der Waals surface area contributed by atoms with Gasteiger partial charge in [-0.2, -0.15) is 0 Å². The van der Waals surface area contributed by atoms with E-state index in [0.717, 1.165) is 36.6 Å². The summed E-state index contributed by atoms with van der Waals surface area (Å²) in [6.07, 6.45) is 16.8. The van der Waals surface area contributed by atoms with Gasteiger partial charge in [0.25, 0.3) is 0 Å². The summed E-state index contributed by atoms with van der Waals surface area (Å²) in [5.74, 6) is 1.38. The van der Waals surface area contributed by atoms with E-state index in [9.17, 15) is 0 Å². The minimum absolute atomic E-state index is 0.575. The van der Waals surface area contributed by atoms with Crippen molar-refractivity contribution in [2.24, 2.45) is 0 Å². The third-order valence-electron chi connectivity index (χ3n) is 5.15. The molecule has 166 valence electrons. The van der Waals surface area contributed by atoms with Gasteiger partial charge >= 0.3 is 0 Å². The number of hydrogen-bond acceptors (Lipinski definition) is 5. The average molecular weight is 414 g/mol. The van der Waals surface area contributed by atoms with Crippen LogP contribution in [0.25, 0.3) is 11.4 Å². The van der Waals surface area contributed by atoms with Crippen LogP contribution in [0.1, 0.15) is 90.9 Å². The molecule has 0 aliphatic rings. The Morgan fingerprint density at radius 2 is 1.20 bits per heavy atom. The Balaban J connectivity index is 1.65. The van der Waals surface area contributed by atoms with E-state index in [1.807, 2.05) is 24.3 Å². The highest BCUT2D eigenvalue weighted by atomic mass is 16.5. The van der Waals surface area contributed by atoms with Crippen molar-refractivity contribution >= 4 is 0 Å². The van der Waals surface area contributed by atoms with Crippen LogP contribution in [-0.4, -0.2) is 28.4 Å². The van der Waals surface area contributed by atoms with Crippen LogP contribution in [0, 0.1) is 0 Å². The first-order chi connectivity index (χ1) is 14.8. The van der Waals surface area contributed by atoms with Gasteiger partial charge in [-0.1, -0.05) is 78.1 Å². The summed E-state index contributed by atoms with van der Waals surface area (Å²) < 4.78 is 11.5. The third-order valence-corrected chi connectivity index (χ3v) is 5.15. The van der Waals surface area contributed by atoms with E-state index < -0.39 is 0 Å². The Labute approximate surface area is 182 Å². The second-order valence-corrected chi connectivity index (χ2v) is 7.87. The molecule has 0 amide bonds. The smallest absolute Gasteiger partial charge is 0.233 e. The normalized spacial score (nSPS) is 10.9. The van der Waals surface area contributed by atoms with Gasteiger partial charge in [0, 0.05) is 6.07 Å². The zero-order valence-electron chi connectivity index (χ0n) is 18.9. The molecule has 0 atom stereocenters. The lowest BCUT2D eigenvalue weighted by Crippen LogP contribution is -2.01. The fraction of sp³-hybridized carbons (Fsp3) is 0.640. The second kappa shape index (κ2) is 15.6. The molecule has 0 saturated heterocycles. The van der Waals surface area contributed by atoms with E-state index in [2.05, 4.69) is 29.0 Å². The monoisotopic (exact) mass is 413 g/mol. The van der Waals surface area contributed by atoms with Gasteiger partial charge in [0.1, 0.15) is 11.4 Å². The van der Waals surface area contributed by atoms with Gasteiger partial charge in [-0.15, -0.1) is 10.2 Å². The van der Waals surface area contributed by atoms with Crippen LogP contribution in [0.3, 0.4) is 0 Å². The topological polar surface area (TPSA) is 57.1 Å². The summed E-state index contributed by atoms with van der Waals surface area (Å²) in [5.41, 5.74) is 1.53. The lowest BCUT2D eigenvalue weighted by Gasteiger charge is -2.07. The molecule has 30 heavy (non-hydrogen) atoms. The quantitative estimate of drug-likeness (QED) is 0.261. The van der Waals surface area contributed by atoms with Gasteiger partial charge in [0.15, 0.2) is 0 Å². The second-order valence-electron chi connectivity index (χ2n) is 7.87. The SMILES string of the molecule is CCCCCCCCOc1ccc(-c2ccc(OCCCCCCCC)nn2)nc1. The molecule has 0 spiro atoms. The van der Waals surface area contributed by atoms with Crippen LogP contribution in [0.4, 0.5) is 0 Å². The fourth-order valence-electron chi connectivity index (χ4n) is 3.28. The van der Waals surface area contributed by atoms with Crippen molar-refractivity contribution in [1.29, 1.82) is 0 Å². The van der Waals surface area contributed by atoms with Gasteiger partial charge in [-0.05, 0) is 31.0 Å². The number of nitrogens with zero attached hydrogens (tertiary/aromatic N) is 3. The lowest BCUT2D eigenvalue weighted by atomic mass is 10.1. The Hall–Kier alpha value is -2.17. The van der Waals surface area contributed by atoms with Gasteiger partial charge < -0.3 is 9.47 Å². The molecule has 2 aromatic rings.